The second-order valence-corrected chi connectivity index (χ2v) is 8.48. The molecule has 2 aliphatic rings. The Morgan fingerprint density at radius 3 is 2.50 bits per heavy atom. The molecule has 2 saturated heterocycles. The highest BCUT2D eigenvalue weighted by Crippen LogP contribution is 2.30. The summed E-state index contributed by atoms with van der Waals surface area (Å²) in [4.78, 5) is 33.1. The summed E-state index contributed by atoms with van der Waals surface area (Å²) in [6, 6.07) is 14.3. The summed E-state index contributed by atoms with van der Waals surface area (Å²) in [6.07, 6.45) is 4.75. The van der Waals surface area contributed by atoms with Crippen molar-refractivity contribution in [3.05, 3.63) is 64.9 Å². The molecule has 7 heteroatoms. The maximum atomic E-state index is 12.6. The number of amides is 2. The molecule has 6 nitrogen and oxygen atoms in total. The number of carbonyl (C=O) groups excluding carboxylic acids is 2. The predicted molar refractivity (Wildman–Crippen MR) is 117 cm³/mol. The van der Waals surface area contributed by atoms with E-state index in [9.17, 15) is 9.59 Å². The summed E-state index contributed by atoms with van der Waals surface area (Å²) >= 11 is 5.79. The third kappa shape index (κ3) is 4.99. The van der Waals surface area contributed by atoms with Crippen molar-refractivity contribution in [2.24, 2.45) is 0 Å². The molecule has 1 N–H and O–H groups in total. The number of hydrogen-bond acceptors (Lipinski definition) is 4. The number of aromatic nitrogens is 1. The number of hydrogen-bond donors (Lipinski definition) is 1. The lowest BCUT2D eigenvalue weighted by atomic mass is 9.89. The van der Waals surface area contributed by atoms with Crippen molar-refractivity contribution in [3.63, 3.8) is 0 Å². The Morgan fingerprint density at radius 1 is 1.03 bits per heavy atom. The summed E-state index contributed by atoms with van der Waals surface area (Å²) in [5.74, 6) is 0.232. The summed E-state index contributed by atoms with van der Waals surface area (Å²) < 4.78 is 0. The van der Waals surface area contributed by atoms with E-state index in [1.165, 1.54) is 24.6 Å². The van der Waals surface area contributed by atoms with Gasteiger partial charge in [0.15, 0.2) is 0 Å². The van der Waals surface area contributed by atoms with Gasteiger partial charge in [-0.2, -0.15) is 0 Å². The largest absolute Gasteiger partial charge is 0.342 e. The number of rotatable bonds is 5. The van der Waals surface area contributed by atoms with Crippen LogP contribution in [0.2, 0.25) is 5.02 Å². The van der Waals surface area contributed by atoms with Gasteiger partial charge in [0.25, 0.3) is 5.91 Å². The Balaban J connectivity index is 1.22. The molecular weight excluding hydrogens is 400 g/mol. The number of carbonyl (C=O) groups is 2. The first-order valence-electron chi connectivity index (χ1n) is 10.6. The van der Waals surface area contributed by atoms with Gasteiger partial charge in [0.2, 0.25) is 5.91 Å². The molecule has 0 radical (unpaired) electrons. The molecule has 3 heterocycles. The fourth-order valence-electron chi connectivity index (χ4n) is 4.46. The van der Waals surface area contributed by atoms with E-state index in [2.05, 4.69) is 45.5 Å². The molecule has 2 aromatic rings. The molecule has 0 saturated carbocycles. The minimum atomic E-state index is -0.362. The lowest BCUT2D eigenvalue weighted by Crippen LogP contribution is -2.44. The zero-order valence-electron chi connectivity index (χ0n) is 17.0. The van der Waals surface area contributed by atoms with E-state index in [0.29, 0.717) is 17.0 Å². The average Bonchev–Trinajstić information content (AvgIpc) is 3.29. The Morgan fingerprint density at radius 2 is 1.80 bits per heavy atom. The first kappa shape index (κ1) is 20.8. The van der Waals surface area contributed by atoms with Crippen molar-refractivity contribution < 1.29 is 9.59 Å². The summed E-state index contributed by atoms with van der Waals surface area (Å²) in [5, 5.41) is 3.13. The molecule has 1 unspecified atom stereocenters. The van der Waals surface area contributed by atoms with Gasteiger partial charge in [-0.15, -0.1) is 0 Å². The van der Waals surface area contributed by atoms with Gasteiger partial charge in [-0.1, -0.05) is 41.9 Å². The van der Waals surface area contributed by atoms with Gasteiger partial charge in [0.05, 0.1) is 11.6 Å². The molecule has 158 valence electrons. The van der Waals surface area contributed by atoms with Crippen LogP contribution >= 0.6 is 11.6 Å². The monoisotopic (exact) mass is 426 g/mol. The van der Waals surface area contributed by atoms with Crippen LogP contribution in [0.3, 0.4) is 0 Å². The number of nitrogens with zero attached hydrogens (tertiary/aromatic N) is 3. The summed E-state index contributed by atoms with van der Waals surface area (Å²) in [6.45, 7) is 3.63. The van der Waals surface area contributed by atoms with E-state index < -0.39 is 0 Å². The zero-order valence-corrected chi connectivity index (χ0v) is 17.7. The van der Waals surface area contributed by atoms with Crippen LogP contribution in [0.25, 0.3) is 0 Å². The number of pyridine rings is 1. The molecule has 0 spiro atoms. The minimum absolute atomic E-state index is 0.00800. The third-order valence-corrected chi connectivity index (χ3v) is 6.42. The number of likely N-dealkylation sites (tertiary alicyclic amines) is 2. The van der Waals surface area contributed by atoms with E-state index in [1.54, 1.807) is 12.1 Å². The van der Waals surface area contributed by atoms with Gasteiger partial charge in [-0.3, -0.25) is 14.5 Å². The van der Waals surface area contributed by atoms with Crippen molar-refractivity contribution in [3.8, 4) is 0 Å². The molecule has 2 amide bonds. The number of piperidine rings is 1. The van der Waals surface area contributed by atoms with Gasteiger partial charge < -0.3 is 10.2 Å². The van der Waals surface area contributed by atoms with Gasteiger partial charge in [-0.05, 0) is 56.0 Å². The molecule has 0 aliphatic carbocycles. The number of benzene rings is 1. The van der Waals surface area contributed by atoms with E-state index in [1.807, 2.05) is 4.90 Å². The van der Waals surface area contributed by atoms with Crippen LogP contribution in [0, 0.1) is 0 Å². The zero-order chi connectivity index (χ0) is 20.9. The van der Waals surface area contributed by atoms with Crippen LogP contribution in [0.1, 0.15) is 41.2 Å². The van der Waals surface area contributed by atoms with Crippen LogP contribution in [-0.2, 0) is 4.79 Å². The minimum Gasteiger partial charge on any atom is -0.342 e. The summed E-state index contributed by atoms with van der Waals surface area (Å²) in [5.41, 5.74) is 1.69. The number of nitrogens with one attached hydrogen (secondary N) is 1. The topological polar surface area (TPSA) is 65.5 Å². The number of halogens is 1. The fourth-order valence-corrected chi connectivity index (χ4v) is 4.57. The van der Waals surface area contributed by atoms with Crippen molar-refractivity contribution >= 4 is 23.4 Å². The normalized spacial score (nSPS) is 20.3. The lowest BCUT2D eigenvalue weighted by Gasteiger charge is -2.36. The molecular formula is C23H27ClN4O2. The smallest absolute Gasteiger partial charge is 0.270 e. The van der Waals surface area contributed by atoms with Crippen LogP contribution in [0.5, 0.6) is 0 Å². The first-order chi connectivity index (χ1) is 14.6. The SMILES string of the molecule is O=C(NCC(=O)N1CCC(N2CCC(c3ccccc3)CC2)C1)c1ccc(Cl)cn1. The maximum Gasteiger partial charge on any atom is 0.270 e. The summed E-state index contributed by atoms with van der Waals surface area (Å²) in [7, 11) is 0. The molecule has 4 rings (SSSR count). The van der Waals surface area contributed by atoms with Crippen LogP contribution in [0.15, 0.2) is 48.7 Å². The average molecular weight is 427 g/mol. The predicted octanol–water partition coefficient (Wildman–Crippen LogP) is 2.95. The van der Waals surface area contributed by atoms with Crippen LogP contribution in [0.4, 0.5) is 0 Å². The van der Waals surface area contributed by atoms with Gasteiger partial charge in [0.1, 0.15) is 5.69 Å². The molecule has 1 atom stereocenters. The Labute approximate surface area is 182 Å². The molecule has 0 bridgehead atoms. The van der Waals surface area contributed by atoms with Gasteiger partial charge >= 0.3 is 0 Å². The lowest BCUT2D eigenvalue weighted by molar-refractivity contribution is -0.129. The van der Waals surface area contributed by atoms with Gasteiger partial charge in [0, 0.05) is 25.3 Å². The molecule has 1 aromatic heterocycles. The second kappa shape index (κ2) is 9.58. The highest BCUT2D eigenvalue weighted by atomic mass is 35.5. The van der Waals surface area contributed by atoms with Crippen molar-refractivity contribution in [2.75, 3.05) is 32.7 Å². The highest BCUT2D eigenvalue weighted by molar-refractivity contribution is 6.30. The Bertz CT molecular complexity index is 867. The molecule has 1 aromatic carbocycles. The van der Waals surface area contributed by atoms with E-state index in [4.69, 9.17) is 11.6 Å². The van der Waals surface area contributed by atoms with Crippen LogP contribution < -0.4 is 5.32 Å². The van der Waals surface area contributed by atoms with Crippen molar-refractivity contribution in [1.29, 1.82) is 0 Å². The van der Waals surface area contributed by atoms with Crippen LogP contribution in [-0.4, -0.2) is 65.4 Å². The van der Waals surface area contributed by atoms with Crippen molar-refractivity contribution in [1.82, 2.24) is 20.1 Å². The fraction of sp³-hybridized carbons (Fsp3) is 0.435. The first-order valence-corrected chi connectivity index (χ1v) is 10.9. The van der Waals surface area contributed by atoms with Crippen molar-refractivity contribution in [2.45, 2.75) is 31.2 Å². The Kier molecular flexibility index (Phi) is 6.65. The molecule has 30 heavy (non-hydrogen) atoms. The maximum absolute atomic E-state index is 12.6. The van der Waals surface area contributed by atoms with E-state index in [0.717, 1.165) is 32.6 Å². The molecule has 2 aliphatic heterocycles. The quantitative estimate of drug-likeness (QED) is 0.798. The van der Waals surface area contributed by atoms with E-state index in [-0.39, 0.29) is 24.1 Å². The third-order valence-electron chi connectivity index (χ3n) is 6.19. The highest BCUT2D eigenvalue weighted by Gasteiger charge is 2.32. The standard InChI is InChI=1S/C23H27ClN4O2/c24-19-6-7-21(25-14-19)23(30)26-15-22(29)28-13-10-20(16-28)27-11-8-18(9-12-27)17-4-2-1-3-5-17/h1-7,14,18,20H,8-13,15-16H2,(H,26,30). The Hall–Kier alpha value is -2.44. The van der Waals surface area contributed by atoms with Gasteiger partial charge in [-0.25, -0.2) is 4.98 Å². The van der Waals surface area contributed by atoms with E-state index >= 15 is 0 Å². The second-order valence-electron chi connectivity index (χ2n) is 8.05. The molecule has 2 fully saturated rings.